The first-order valence-corrected chi connectivity index (χ1v) is 8.93. The van der Waals surface area contributed by atoms with Crippen LogP contribution in [0.1, 0.15) is 32.8 Å². The van der Waals surface area contributed by atoms with E-state index in [2.05, 4.69) is 16.0 Å². The SMILES string of the molecule is [B]C(=O)CCNC(=O)CNC(=O)C(Cc1ccccc1)NC(=O)OC(C)(C)C. The van der Waals surface area contributed by atoms with Crippen molar-refractivity contribution in [3.05, 3.63) is 35.9 Å². The number of hydrogen-bond acceptors (Lipinski definition) is 5. The lowest BCUT2D eigenvalue weighted by Crippen LogP contribution is -2.51. The summed E-state index contributed by atoms with van der Waals surface area (Å²) in [5, 5.41) is 7.47. The van der Waals surface area contributed by atoms with Crippen LogP contribution in [0.3, 0.4) is 0 Å². The molecule has 0 aliphatic carbocycles. The van der Waals surface area contributed by atoms with Crippen molar-refractivity contribution in [2.24, 2.45) is 0 Å². The van der Waals surface area contributed by atoms with Gasteiger partial charge in [-0.15, -0.1) is 0 Å². The van der Waals surface area contributed by atoms with E-state index >= 15 is 0 Å². The van der Waals surface area contributed by atoms with Crippen molar-refractivity contribution >= 4 is 31.4 Å². The van der Waals surface area contributed by atoms with Gasteiger partial charge in [0.2, 0.25) is 11.8 Å². The van der Waals surface area contributed by atoms with Crippen LogP contribution < -0.4 is 16.0 Å². The molecule has 0 aliphatic rings. The zero-order valence-electron chi connectivity index (χ0n) is 16.4. The Hall–Kier alpha value is -2.84. The van der Waals surface area contributed by atoms with Gasteiger partial charge in [-0.25, -0.2) is 4.79 Å². The van der Waals surface area contributed by atoms with Crippen LogP contribution in [-0.2, 0) is 25.5 Å². The Morgan fingerprint density at radius 1 is 1.07 bits per heavy atom. The summed E-state index contributed by atoms with van der Waals surface area (Å²) in [5.41, 5.74) is -0.406. The van der Waals surface area contributed by atoms with Gasteiger partial charge in [0.05, 0.1) is 12.2 Å². The number of amides is 3. The maximum absolute atomic E-state index is 12.5. The first kappa shape index (κ1) is 23.2. The van der Waals surface area contributed by atoms with Crippen molar-refractivity contribution in [3.8, 4) is 0 Å². The highest BCUT2D eigenvalue weighted by Crippen LogP contribution is 2.08. The molecule has 3 N–H and O–H groups in total. The van der Waals surface area contributed by atoms with Gasteiger partial charge in [0, 0.05) is 19.4 Å². The molecular formula is C19H26BN3O5. The minimum absolute atomic E-state index is 0.0104. The second kappa shape index (κ2) is 11.1. The quantitative estimate of drug-likeness (QED) is 0.532. The Morgan fingerprint density at radius 2 is 1.71 bits per heavy atom. The summed E-state index contributed by atoms with van der Waals surface area (Å²) in [6.45, 7) is 4.95. The van der Waals surface area contributed by atoms with E-state index in [9.17, 15) is 19.2 Å². The van der Waals surface area contributed by atoms with Gasteiger partial charge in [0.1, 0.15) is 11.6 Å². The highest BCUT2D eigenvalue weighted by molar-refractivity contribution is 6.57. The summed E-state index contributed by atoms with van der Waals surface area (Å²) in [5.74, 6) is -0.995. The third-order valence-corrected chi connectivity index (χ3v) is 3.41. The summed E-state index contributed by atoms with van der Waals surface area (Å²) in [6.07, 6.45) is -0.486. The lowest BCUT2D eigenvalue weighted by molar-refractivity contribution is -0.127. The molecule has 0 saturated heterocycles. The zero-order chi connectivity index (χ0) is 21.2. The van der Waals surface area contributed by atoms with Crippen LogP contribution in [-0.4, -0.2) is 56.2 Å². The van der Waals surface area contributed by atoms with E-state index in [1.165, 1.54) is 0 Å². The lowest BCUT2D eigenvalue weighted by atomic mass is 10.00. The lowest BCUT2D eigenvalue weighted by Gasteiger charge is -2.23. The van der Waals surface area contributed by atoms with Crippen LogP contribution in [0.15, 0.2) is 30.3 Å². The van der Waals surface area contributed by atoms with E-state index in [4.69, 9.17) is 12.6 Å². The molecule has 28 heavy (non-hydrogen) atoms. The van der Waals surface area contributed by atoms with Gasteiger partial charge >= 0.3 is 6.09 Å². The highest BCUT2D eigenvalue weighted by atomic mass is 16.6. The van der Waals surface area contributed by atoms with E-state index in [0.29, 0.717) is 0 Å². The normalized spacial score (nSPS) is 11.8. The molecule has 0 spiro atoms. The number of carbonyl (C=O) groups excluding carboxylic acids is 4. The first-order chi connectivity index (χ1) is 13.1. The summed E-state index contributed by atoms with van der Waals surface area (Å²) in [7, 11) is 4.99. The number of rotatable bonds is 9. The van der Waals surface area contributed by atoms with Crippen LogP contribution in [0.4, 0.5) is 4.79 Å². The van der Waals surface area contributed by atoms with Gasteiger partial charge in [-0.05, 0) is 26.3 Å². The molecular weight excluding hydrogens is 361 g/mol. The number of alkyl carbamates (subject to hydrolysis) is 1. The standard InChI is InChI=1S/C19H26BN3O5/c1-19(2,3)28-18(27)23-14(11-13-7-5-4-6-8-13)17(26)22-12-16(25)21-10-9-15(20)24/h4-8,14H,9-12H2,1-3H3,(H,21,25)(H,22,26)(H,23,27). The van der Waals surface area contributed by atoms with Crippen LogP contribution >= 0.6 is 0 Å². The molecule has 2 radical (unpaired) electrons. The monoisotopic (exact) mass is 387 g/mol. The second-order valence-electron chi connectivity index (χ2n) is 7.17. The predicted octanol–water partition coefficient (Wildman–Crippen LogP) is 0.440. The topological polar surface area (TPSA) is 114 Å². The fraction of sp³-hybridized carbons (Fsp3) is 0.474. The molecule has 0 aliphatic heterocycles. The third-order valence-electron chi connectivity index (χ3n) is 3.41. The molecule has 150 valence electrons. The average molecular weight is 387 g/mol. The third kappa shape index (κ3) is 10.3. The Balaban J connectivity index is 2.66. The van der Waals surface area contributed by atoms with Gasteiger partial charge in [0.15, 0.2) is 7.85 Å². The van der Waals surface area contributed by atoms with Crippen molar-refractivity contribution in [1.82, 2.24) is 16.0 Å². The Kier molecular flexibility index (Phi) is 9.21. The van der Waals surface area contributed by atoms with Gasteiger partial charge in [-0.3, -0.25) is 9.59 Å². The van der Waals surface area contributed by atoms with Gasteiger partial charge < -0.3 is 25.5 Å². The van der Waals surface area contributed by atoms with Crippen LogP contribution in [0.2, 0.25) is 0 Å². The molecule has 1 aromatic rings. The fourth-order valence-electron chi connectivity index (χ4n) is 2.19. The zero-order valence-corrected chi connectivity index (χ0v) is 16.4. The number of ether oxygens (including phenoxy) is 1. The number of carbonyl (C=O) groups is 4. The molecule has 0 saturated carbocycles. The summed E-state index contributed by atoms with van der Waals surface area (Å²) < 4.78 is 5.20. The Morgan fingerprint density at radius 3 is 2.29 bits per heavy atom. The van der Waals surface area contributed by atoms with E-state index < -0.39 is 35.2 Å². The van der Waals surface area contributed by atoms with Crippen molar-refractivity contribution in [3.63, 3.8) is 0 Å². The minimum atomic E-state index is -0.921. The van der Waals surface area contributed by atoms with Crippen molar-refractivity contribution in [2.45, 2.75) is 45.3 Å². The van der Waals surface area contributed by atoms with Crippen molar-refractivity contribution in [2.75, 3.05) is 13.1 Å². The van der Waals surface area contributed by atoms with Gasteiger partial charge in [-0.2, -0.15) is 0 Å². The summed E-state index contributed by atoms with van der Waals surface area (Å²) >= 11 is 0. The molecule has 1 aromatic carbocycles. The van der Waals surface area contributed by atoms with Crippen molar-refractivity contribution in [1.29, 1.82) is 0 Å². The molecule has 1 unspecified atom stereocenters. The van der Waals surface area contributed by atoms with Gasteiger partial charge in [0.25, 0.3) is 0 Å². The molecule has 1 rings (SSSR count). The maximum atomic E-state index is 12.5. The van der Waals surface area contributed by atoms with Crippen molar-refractivity contribution < 1.29 is 23.9 Å². The van der Waals surface area contributed by atoms with E-state index in [-0.39, 0.29) is 25.9 Å². The molecule has 0 aromatic heterocycles. The minimum Gasteiger partial charge on any atom is -0.444 e. The summed E-state index contributed by atoms with van der Waals surface area (Å²) in [4.78, 5) is 47.0. The first-order valence-electron chi connectivity index (χ1n) is 8.93. The Bertz CT molecular complexity index is 689. The summed E-state index contributed by atoms with van der Waals surface area (Å²) in [6, 6.07) is 8.22. The predicted molar refractivity (Wildman–Crippen MR) is 105 cm³/mol. The van der Waals surface area contributed by atoms with Gasteiger partial charge in [-0.1, -0.05) is 30.3 Å². The molecule has 9 heteroatoms. The fourth-order valence-corrected chi connectivity index (χ4v) is 2.19. The maximum Gasteiger partial charge on any atom is 0.408 e. The molecule has 3 amide bonds. The Labute approximate surface area is 166 Å². The molecule has 8 nitrogen and oxygen atoms in total. The number of nitrogens with one attached hydrogen (secondary N) is 3. The van der Waals surface area contributed by atoms with E-state index in [0.717, 1.165) is 5.56 Å². The average Bonchev–Trinajstić information content (AvgIpc) is 2.58. The number of benzene rings is 1. The number of hydrogen-bond donors (Lipinski definition) is 3. The molecule has 0 bridgehead atoms. The van der Waals surface area contributed by atoms with Crippen LogP contribution in [0, 0.1) is 0 Å². The molecule has 0 heterocycles. The van der Waals surface area contributed by atoms with E-state index in [1.807, 2.05) is 30.3 Å². The smallest absolute Gasteiger partial charge is 0.408 e. The molecule has 0 fully saturated rings. The van der Waals surface area contributed by atoms with Crippen LogP contribution in [0.5, 0.6) is 0 Å². The van der Waals surface area contributed by atoms with Crippen LogP contribution in [0.25, 0.3) is 0 Å². The second-order valence-corrected chi connectivity index (χ2v) is 7.17. The largest absolute Gasteiger partial charge is 0.444 e. The molecule has 1 atom stereocenters. The highest BCUT2D eigenvalue weighted by Gasteiger charge is 2.25. The van der Waals surface area contributed by atoms with E-state index in [1.54, 1.807) is 20.8 Å².